The van der Waals surface area contributed by atoms with Crippen molar-refractivity contribution in [1.29, 1.82) is 0 Å². The second-order valence-corrected chi connectivity index (χ2v) is 6.85. The second-order valence-electron chi connectivity index (χ2n) is 6.85. The van der Waals surface area contributed by atoms with Gasteiger partial charge in [0.1, 0.15) is 0 Å². The number of carbonyl (C=O) groups is 1. The molecule has 1 aromatic carbocycles. The Bertz CT molecular complexity index is 942. The number of rotatable bonds is 3. The second kappa shape index (κ2) is 6.88. The minimum absolute atomic E-state index is 0.0561. The number of carbonyl (C=O) groups excluding carboxylic acids is 1. The van der Waals surface area contributed by atoms with Crippen molar-refractivity contribution >= 4 is 16.9 Å². The largest absolute Gasteiger partial charge is 0.348 e. The normalized spacial score (nSPS) is 17.4. The monoisotopic (exact) mass is 349 g/mol. The van der Waals surface area contributed by atoms with E-state index in [1.54, 1.807) is 4.68 Å². The van der Waals surface area contributed by atoms with Gasteiger partial charge in [0.05, 0.1) is 22.3 Å². The highest BCUT2D eigenvalue weighted by Crippen LogP contribution is 2.27. The number of nitrogens with one attached hydrogen (secondary N) is 2. The Labute approximate surface area is 152 Å². The number of piperidine rings is 1. The third-order valence-corrected chi connectivity index (χ3v) is 4.91. The summed E-state index contributed by atoms with van der Waals surface area (Å²) in [5, 5.41) is 11.8. The highest BCUT2D eigenvalue weighted by Gasteiger charge is 2.22. The molecule has 1 aliphatic heterocycles. The zero-order valence-corrected chi connectivity index (χ0v) is 15.1. The number of aryl methyl sites for hydroxylation is 2. The molecule has 0 bridgehead atoms. The van der Waals surface area contributed by atoms with Crippen molar-refractivity contribution in [3.05, 3.63) is 47.7 Å². The number of amides is 1. The molecule has 4 rings (SSSR count). The third-order valence-electron chi connectivity index (χ3n) is 4.91. The Kier molecular flexibility index (Phi) is 4.42. The van der Waals surface area contributed by atoms with Gasteiger partial charge in [-0.05, 0) is 32.4 Å². The van der Waals surface area contributed by atoms with Crippen molar-refractivity contribution in [3.8, 4) is 11.3 Å². The summed E-state index contributed by atoms with van der Waals surface area (Å²) in [4.78, 5) is 17.8. The molecule has 2 N–H and O–H groups in total. The molecule has 6 heteroatoms. The predicted molar refractivity (Wildman–Crippen MR) is 102 cm³/mol. The summed E-state index contributed by atoms with van der Waals surface area (Å²) in [6.07, 6.45) is 2.09. The van der Waals surface area contributed by atoms with Crippen LogP contribution >= 0.6 is 0 Å². The van der Waals surface area contributed by atoms with E-state index in [9.17, 15) is 4.79 Å². The smallest absolute Gasteiger partial charge is 0.252 e. The average molecular weight is 349 g/mol. The maximum Gasteiger partial charge on any atom is 0.252 e. The summed E-state index contributed by atoms with van der Waals surface area (Å²) >= 11 is 0. The Morgan fingerprint density at radius 3 is 2.85 bits per heavy atom. The van der Waals surface area contributed by atoms with Crippen LogP contribution in [0.1, 0.15) is 28.9 Å². The van der Waals surface area contributed by atoms with Gasteiger partial charge in [0.2, 0.25) is 0 Å². The third kappa shape index (κ3) is 3.08. The number of hydrogen-bond donors (Lipinski definition) is 2. The minimum Gasteiger partial charge on any atom is -0.348 e. The van der Waals surface area contributed by atoms with Crippen LogP contribution < -0.4 is 10.6 Å². The number of nitrogens with zero attached hydrogens (tertiary/aromatic N) is 3. The first-order chi connectivity index (χ1) is 12.6. The van der Waals surface area contributed by atoms with Crippen LogP contribution in [-0.2, 0) is 7.05 Å². The summed E-state index contributed by atoms with van der Waals surface area (Å²) < 4.78 is 1.75. The van der Waals surface area contributed by atoms with Crippen molar-refractivity contribution in [2.24, 2.45) is 7.05 Å². The van der Waals surface area contributed by atoms with E-state index in [4.69, 9.17) is 4.98 Å². The lowest BCUT2D eigenvalue weighted by atomic mass is 10.0. The molecule has 26 heavy (non-hydrogen) atoms. The van der Waals surface area contributed by atoms with E-state index in [1.807, 2.05) is 50.4 Å². The first-order valence-electron chi connectivity index (χ1n) is 9.05. The average Bonchev–Trinajstić information content (AvgIpc) is 2.96. The van der Waals surface area contributed by atoms with E-state index in [2.05, 4.69) is 15.7 Å². The van der Waals surface area contributed by atoms with Gasteiger partial charge in [-0.3, -0.25) is 9.48 Å². The van der Waals surface area contributed by atoms with Gasteiger partial charge >= 0.3 is 0 Å². The zero-order valence-electron chi connectivity index (χ0n) is 15.1. The molecule has 1 amide bonds. The fourth-order valence-electron chi connectivity index (χ4n) is 3.62. The van der Waals surface area contributed by atoms with Gasteiger partial charge in [-0.15, -0.1) is 0 Å². The first kappa shape index (κ1) is 16.7. The van der Waals surface area contributed by atoms with Crippen LogP contribution in [-0.4, -0.2) is 39.8 Å². The molecule has 3 heterocycles. The summed E-state index contributed by atoms with van der Waals surface area (Å²) in [6.45, 7) is 3.76. The Hall–Kier alpha value is -2.73. The molecule has 1 atom stereocenters. The van der Waals surface area contributed by atoms with E-state index >= 15 is 0 Å². The van der Waals surface area contributed by atoms with Crippen LogP contribution in [0.2, 0.25) is 0 Å². The molecule has 0 spiro atoms. The lowest BCUT2D eigenvalue weighted by molar-refractivity contribution is 0.0932. The van der Waals surface area contributed by atoms with Crippen LogP contribution in [0.25, 0.3) is 22.3 Å². The molecule has 2 aromatic heterocycles. The Morgan fingerprint density at radius 1 is 1.31 bits per heavy atom. The number of benzene rings is 1. The molecular formula is C20H23N5O. The van der Waals surface area contributed by atoms with Crippen LogP contribution in [0, 0.1) is 6.92 Å². The van der Waals surface area contributed by atoms with Crippen molar-refractivity contribution < 1.29 is 4.79 Å². The fourth-order valence-corrected chi connectivity index (χ4v) is 3.62. The topological polar surface area (TPSA) is 71.8 Å². The summed E-state index contributed by atoms with van der Waals surface area (Å²) in [7, 11) is 1.86. The summed E-state index contributed by atoms with van der Waals surface area (Å²) in [6, 6.07) is 12.0. The fraction of sp³-hybridized carbons (Fsp3) is 0.350. The summed E-state index contributed by atoms with van der Waals surface area (Å²) in [5.74, 6) is -0.0561. The first-order valence-corrected chi connectivity index (χ1v) is 9.05. The Morgan fingerprint density at radius 2 is 2.12 bits per heavy atom. The number of fused-ring (bicyclic) bond motifs is 1. The zero-order chi connectivity index (χ0) is 18.1. The van der Waals surface area contributed by atoms with Gasteiger partial charge in [-0.25, -0.2) is 4.98 Å². The molecule has 1 saturated heterocycles. The molecule has 0 saturated carbocycles. The maximum absolute atomic E-state index is 13.1. The van der Waals surface area contributed by atoms with E-state index in [0.29, 0.717) is 5.56 Å². The van der Waals surface area contributed by atoms with Gasteiger partial charge < -0.3 is 10.6 Å². The van der Waals surface area contributed by atoms with Gasteiger partial charge in [0.25, 0.3) is 5.91 Å². The quantitative estimate of drug-likeness (QED) is 0.762. The standard InChI is InChI=1S/C20H23N5O/c1-13-18-16(20(26)22-15-9-6-10-21-12-15)11-17(14-7-4-3-5-8-14)23-19(18)25(2)24-13/h3-5,7-8,11,15,21H,6,9-10,12H2,1-2H3,(H,22,26)/t15-/m0/s1. The van der Waals surface area contributed by atoms with Crippen molar-refractivity contribution in [2.45, 2.75) is 25.8 Å². The molecule has 0 unspecified atom stereocenters. The Balaban J connectivity index is 1.79. The summed E-state index contributed by atoms with van der Waals surface area (Å²) in [5.41, 5.74) is 3.97. The predicted octanol–water partition coefficient (Wildman–Crippen LogP) is 2.43. The van der Waals surface area contributed by atoms with Crippen LogP contribution in [0.4, 0.5) is 0 Å². The van der Waals surface area contributed by atoms with Crippen LogP contribution in [0.15, 0.2) is 36.4 Å². The van der Waals surface area contributed by atoms with E-state index in [1.165, 1.54) is 0 Å². The molecule has 3 aromatic rings. The molecule has 0 aliphatic carbocycles. The number of pyridine rings is 1. The van der Waals surface area contributed by atoms with Crippen LogP contribution in [0.3, 0.4) is 0 Å². The van der Waals surface area contributed by atoms with Gasteiger partial charge in [-0.2, -0.15) is 5.10 Å². The lowest BCUT2D eigenvalue weighted by Crippen LogP contribution is -2.45. The van der Waals surface area contributed by atoms with Gasteiger partial charge in [-0.1, -0.05) is 30.3 Å². The van der Waals surface area contributed by atoms with Gasteiger partial charge in [0.15, 0.2) is 5.65 Å². The number of hydrogen-bond acceptors (Lipinski definition) is 4. The molecule has 1 aliphatic rings. The van der Waals surface area contributed by atoms with E-state index in [0.717, 1.165) is 53.9 Å². The minimum atomic E-state index is -0.0561. The number of aromatic nitrogens is 3. The van der Waals surface area contributed by atoms with Crippen molar-refractivity contribution in [3.63, 3.8) is 0 Å². The SMILES string of the molecule is Cc1nn(C)c2nc(-c3ccccc3)cc(C(=O)N[C@H]3CCCNC3)c12. The molecule has 6 nitrogen and oxygen atoms in total. The van der Waals surface area contributed by atoms with Crippen LogP contribution in [0.5, 0.6) is 0 Å². The van der Waals surface area contributed by atoms with Crippen molar-refractivity contribution in [1.82, 2.24) is 25.4 Å². The molecule has 134 valence electrons. The van der Waals surface area contributed by atoms with Gasteiger partial charge in [0, 0.05) is 25.2 Å². The maximum atomic E-state index is 13.1. The molecular weight excluding hydrogens is 326 g/mol. The van der Waals surface area contributed by atoms with E-state index in [-0.39, 0.29) is 11.9 Å². The highest BCUT2D eigenvalue weighted by atomic mass is 16.1. The van der Waals surface area contributed by atoms with Crippen molar-refractivity contribution in [2.75, 3.05) is 13.1 Å². The lowest BCUT2D eigenvalue weighted by Gasteiger charge is -2.24. The van der Waals surface area contributed by atoms with E-state index < -0.39 is 0 Å². The molecule has 0 radical (unpaired) electrons. The molecule has 1 fully saturated rings. The highest BCUT2D eigenvalue weighted by molar-refractivity contribution is 6.07.